The number of esters is 1. The third kappa shape index (κ3) is 5.71. The Hall–Kier alpha value is -1.61. The molecule has 0 aliphatic rings. The summed E-state index contributed by atoms with van der Waals surface area (Å²) in [5.74, 6) is -0.329. The maximum Gasteiger partial charge on any atom is 0.334 e. The number of hydrogen-bond acceptors (Lipinski definition) is 3. The zero-order chi connectivity index (χ0) is 14.3. The second-order valence-electron chi connectivity index (χ2n) is 4.14. The molecule has 1 aromatic carbocycles. The van der Waals surface area contributed by atoms with Gasteiger partial charge in [-0.2, -0.15) is 0 Å². The zero-order valence-corrected chi connectivity index (χ0v) is 11.9. The number of ketones is 1. The molecule has 0 bridgehead atoms. The summed E-state index contributed by atoms with van der Waals surface area (Å²) >= 11 is 5.81. The lowest BCUT2D eigenvalue weighted by Crippen LogP contribution is -2.08. The summed E-state index contributed by atoms with van der Waals surface area (Å²) in [6.45, 7) is 3.57. The summed E-state index contributed by atoms with van der Waals surface area (Å²) < 4.78 is 4.99. The lowest BCUT2D eigenvalue weighted by Gasteiger charge is -2.06. The minimum absolute atomic E-state index is 0.0475. The number of ether oxygens (including phenoxy) is 1. The molecular weight excluding hydrogens is 264 g/mol. The van der Waals surface area contributed by atoms with Crippen molar-refractivity contribution in [3.05, 3.63) is 40.4 Å². The van der Waals surface area contributed by atoms with E-state index in [0.717, 1.165) is 5.56 Å². The van der Waals surface area contributed by atoms with Crippen molar-refractivity contribution in [3.8, 4) is 0 Å². The summed E-state index contributed by atoms with van der Waals surface area (Å²) in [5, 5.41) is 0.638. The van der Waals surface area contributed by atoms with Crippen molar-refractivity contribution in [2.75, 3.05) is 6.61 Å². The van der Waals surface area contributed by atoms with Crippen LogP contribution in [0.15, 0.2) is 29.8 Å². The van der Waals surface area contributed by atoms with Gasteiger partial charge in [-0.25, -0.2) is 4.79 Å². The van der Waals surface area contributed by atoms with Gasteiger partial charge in [0.2, 0.25) is 0 Å². The Balaban J connectivity index is 2.90. The SMILES string of the molecule is CCOC(=O)/C(=C\c1ccc(Cl)cc1)CCC(C)=O. The molecule has 0 aromatic heterocycles. The van der Waals surface area contributed by atoms with Gasteiger partial charge in [0.25, 0.3) is 0 Å². The normalized spacial score (nSPS) is 11.2. The van der Waals surface area contributed by atoms with Crippen LogP contribution in [0.5, 0.6) is 0 Å². The molecule has 0 radical (unpaired) electrons. The van der Waals surface area contributed by atoms with E-state index in [4.69, 9.17) is 16.3 Å². The van der Waals surface area contributed by atoms with Gasteiger partial charge in [0.15, 0.2) is 0 Å². The van der Waals surface area contributed by atoms with Crippen LogP contribution in [-0.2, 0) is 14.3 Å². The number of benzene rings is 1. The van der Waals surface area contributed by atoms with E-state index in [-0.39, 0.29) is 11.8 Å². The topological polar surface area (TPSA) is 43.4 Å². The second-order valence-corrected chi connectivity index (χ2v) is 4.58. The highest BCUT2D eigenvalue weighted by Gasteiger charge is 2.11. The van der Waals surface area contributed by atoms with Crippen LogP contribution in [0.1, 0.15) is 32.3 Å². The first kappa shape index (κ1) is 15.4. The molecule has 0 fully saturated rings. The molecule has 0 amide bonds. The molecule has 102 valence electrons. The lowest BCUT2D eigenvalue weighted by molar-refractivity contribution is -0.138. The molecular formula is C15H17ClO3. The number of halogens is 1. The van der Waals surface area contributed by atoms with Gasteiger partial charge in [-0.3, -0.25) is 0 Å². The minimum Gasteiger partial charge on any atom is -0.463 e. The van der Waals surface area contributed by atoms with Gasteiger partial charge in [0.05, 0.1) is 6.61 Å². The Morgan fingerprint density at radius 2 is 1.84 bits per heavy atom. The predicted octanol–water partition coefficient (Wildman–Crippen LogP) is 3.66. The van der Waals surface area contributed by atoms with E-state index in [2.05, 4.69) is 0 Å². The highest BCUT2D eigenvalue weighted by atomic mass is 35.5. The van der Waals surface area contributed by atoms with Crippen LogP contribution in [0, 0.1) is 0 Å². The number of hydrogen-bond donors (Lipinski definition) is 0. The smallest absolute Gasteiger partial charge is 0.334 e. The Kier molecular flexibility index (Phi) is 6.30. The fourth-order valence-corrected chi connectivity index (χ4v) is 1.65. The van der Waals surface area contributed by atoms with E-state index >= 15 is 0 Å². The van der Waals surface area contributed by atoms with Gasteiger partial charge in [-0.1, -0.05) is 23.7 Å². The molecule has 3 nitrogen and oxygen atoms in total. The largest absolute Gasteiger partial charge is 0.463 e. The standard InChI is InChI=1S/C15H17ClO3/c1-3-19-15(18)13(7-4-11(2)17)10-12-5-8-14(16)9-6-12/h5-6,8-10H,3-4,7H2,1-2H3/b13-10-. The summed E-state index contributed by atoms with van der Waals surface area (Å²) in [6.07, 6.45) is 2.45. The van der Waals surface area contributed by atoms with E-state index in [0.29, 0.717) is 30.0 Å². The Morgan fingerprint density at radius 3 is 2.37 bits per heavy atom. The van der Waals surface area contributed by atoms with Crippen molar-refractivity contribution in [2.45, 2.75) is 26.7 Å². The summed E-state index contributed by atoms with van der Waals surface area (Å²) in [7, 11) is 0. The lowest BCUT2D eigenvalue weighted by atomic mass is 10.0. The molecule has 4 heteroatoms. The van der Waals surface area contributed by atoms with E-state index in [9.17, 15) is 9.59 Å². The first-order valence-electron chi connectivity index (χ1n) is 6.15. The van der Waals surface area contributed by atoms with Crippen LogP contribution in [0.4, 0.5) is 0 Å². The van der Waals surface area contributed by atoms with Crippen LogP contribution < -0.4 is 0 Å². The average molecular weight is 281 g/mol. The number of Topliss-reactive ketones (excluding diaryl/α,β-unsaturated/α-hetero) is 1. The summed E-state index contributed by atoms with van der Waals surface area (Å²) in [5.41, 5.74) is 1.36. The van der Waals surface area contributed by atoms with Gasteiger partial charge >= 0.3 is 5.97 Å². The van der Waals surface area contributed by atoms with Crippen LogP contribution in [0.2, 0.25) is 5.02 Å². The number of rotatable bonds is 6. The minimum atomic E-state index is -0.376. The molecule has 1 rings (SSSR count). The third-order valence-electron chi connectivity index (χ3n) is 2.49. The molecule has 0 atom stereocenters. The zero-order valence-electron chi connectivity index (χ0n) is 11.1. The van der Waals surface area contributed by atoms with Gasteiger partial charge < -0.3 is 9.53 Å². The fourth-order valence-electron chi connectivity index (χ4n) is 1.53. The molecule has 0 aliphatic heterocycles. The molecule has 0 spiro atoms. The quantitative estimate of drug-likeness (QED) is 0.590. The molecule has 19 heavy (non-hydrogen) atoms. The van der Waals surface area contributed by atoms with Crippen molar-refractivity contribution >= 4 is 29.4 Å². The Bertz CT molecular complexity index is 475. The predicted molar refractivity (Wildman–Crippen MR) is 76.0 cm³/mol. The van der Waals surface area contributed by atoms with Crippen molar-refractivity contribution in [3.63, 3.8) is 0 Å². The molecule has 0 saturated carbocycles. The number of carbonyl (C=O) groups excluding carboxylic acids is 2. The van der Waals surface area contributed by atoms with E-state index < -0.39 is 0 Å². The van der Waals surface area contributed by atoms with Gasteiger partial charge in [0, 0.05) is 17.0 Å². The average Bonchev–Trinajstić information content (AvgIpc) is 2.36. The fraction of sp³-hybridized carbons (Fsp3) is 0.333. The van der Waals surface area contributed by atoms with Crippen molar-refractivity contribution in [1.29, 1.82) is 0 Å². The number of carbonyl (C=O) groups is 2. The van der Waals surface area contributed by atoms with Crippen LogP contribution in [0.3, 0.4) is 0 Å². The highest BCUT2D eigenvalue weighted by molar-refractivity contribution is 6.30. The molecule has 1 aromatic rings. The maximum atomic E-state index is 11.8. The third-order valence-corrected chi connectivity index (χ3v) is 2.75. The summed E-state index contributed by atoms with van der Waals surface area (Å²) in [6, 6.07) is 7.13. The molecule has 0 aliphatic carbocycles. The maximum absolute atomic E-state index is 11.8. The molecule has 0 unspecified atom stereocenters. The first-order chi connectivity index (χ1) is 9.02. The van der Waals surface area contributed by atoms with E-state index in [1.54, 1.807) is 25.1 Å². The van der Waals surface area contributed by atoms with E-state index in [1.807, 2.05) is 12.1 Å². The van der Waals surface area contributed by atoms with Crippen LogP contribution in [0.25, 0.3) is 6.08 Å². The Labute approximate surface area is 118 Å². The highest BCUT2D eigenvalue weighted by Crippen LogP contribution is 2.16. The molecule has 0 heterocycles. The van der Waals surface area contributed by atoms with Gasteiger partial charge in [-0.05, 0) is 44.0 Å². The summed E-state index contributed by atoms with van der Waals surface area (Å²) in [4.78, 5) is 22.8. The van der Waals surface area contributed by atoms with Gasteiger partial charge in [-0.15, -0.1) is 0 Å². The van der Waals surface area contributed by atoms with Crippen LogP contribution in [-0.4, -0.2) is 18.4 Å². The van der Waals surface area contributed by atoms with Crippen LogP contribution >= 0.6 is 11.6 Å². The van der Waals surface area contributed by atoms with E-state index in [1.165, 1.54) is 6.92 Å². The monoisotopic (exact) mass is 280 g/mol. The second kappa shape index (κ2) is 7.74. The molecule has 0 saturated heterocycles. The molecule has 0 N–H and O–H groups in total. The van der Waals surface area contributed by atoms with Crippen molar-refractivity contribution < 1.29 is 14.3 Å². The Morgan fingerprint density at radius 1 is 1.21 bits per heavy atom. The van der Waals surface area contributed by atoms with Gasteiger partial charge in [0.1, 0.15) is 5.78 Å². The van der Waals surface area contributed by atoms with Crippen molar-refractivity contribution in [1.82, 2.24) is 0 Å². The van der Waals surface area contributed by atoms with Crippen molar-refractivity contribution in [2.24, 2.45) is 0 Å². The first-order valence-corrected chi connectivity index (χ1v) is 6.53.